The molecule has 0 aliphatic rings. The molecule has 8 heteroatoms. The third kappa shape index (κ3) is 4.38. The summed E-state index contributed by atoms with van der Waals surface area (Å²) < 4.78 is 27.5. The summed E-state index contributed by atoms with van der Waals surface area (Å²) in [4.78, 5) is 16.2. The highest BCUT2D eigenvalue weighted by Crippen LogP contribution is 2.20. The van der Waals surface area contributed by atoms with Gasteiger partial charge in [0, 0.05) is 28.7 Å². The quantitative estimate of drug-likeness (QED) is 0.697. The first-order valence-electron chi connectivity index (χ1n) is 7.54. The van der Waals surface area contributed by atoms with Crippen molar-refractivity contribution in [2.24, 2.45) is 0 Å². The summed E-state index contributed by atoms with van der Waals surface area (Å²) in [5, 5.41) is 3.10. The van der Waals surface area contributed by atoms with Crippen LogP contribution in [-0.4, -0.2) is 19.3 Å². The Balaban J connectivity index is 1.83. The van der Waals surface area contributed by atoms with E-state index in [-0.39, 0.29) is 10.5 Å². The van der Waals surface area contributed by atoms with Gasteiger partial charge < -0.3 is 5.32 Å². The van der Waals surface area contributed by atoms with E-state index >= 15 is 0 Å². The minimum Gasteiger partial charge on any atom is -0.322 e. The largest absolute Gasteiger partial charge is 0.322 e. The number of rotatable bonds is 5. The lowest BCUT2D eigenvalue weighted by molar-refractivity contribution is 0.102. The van der Waals surface area contributed by atoms with Crippen LogP contribution in [0.5, 0.6) is 0 Å². The van der Waals surface area contributed by atoms with Crippen molar-refractivity contribution < 1.29 is 13.2 Å². The molecule has 0 unspecified atom stereocenters. The summed E-state index contributed by atoms with van der Waals surface area (Å²) >= 11 is 5.87. The highest BCUT2D eigenvalue weighted by atomic mass is 35.5. The van der Waals surface area contributed by atoms with Gasteiger partial charge in [-0.25, -0.2) is 8.42 Å². The predicted octanol–water partition coefficient (Wildman–Crippen LogP) is 3.79. The van der Waals surface area contributed by atoms with E-state index in [1.807, 2.05) is 0 Å². The average Bonchev–Trinajstić information content (AvgIpc) is 2.62. The molecule has 0 radical (unpaired) electrons. The molecule has 6 nitrogen and oxygen atoms in total. The van der Waals surface area contributed by atoms with E-state index in [4.69, 9.17) is 11.6 Å². The number of aromatic nitrogens is 1. The Morgan fingerprint density at radius 1 is 0.923 bits per heavy atom. The number of hydrogen-bond acceptors (Lipinski definition) is 4. The molecule has 2 aromatic carbocycles. The molecule has 1 amide bonds. The van der Waals surface area contributed by atoms with E-state index in [0.717, 1.165) is 0 Å². The normalized spacial score (nSPS) is 11.0. The van der Waals surface area contributed by atoms with Crippen LogP contribution in [0, 0.1) is 0 Å². The predicted molar refractivity (Wildman–Crippen MR) is 101 cm³/mol. The molecule has 3 rings (SSSR count). The molecule has 0 bridgehead atoms. The monoisotopic (exact) mass is 387 g/mol. The van der Waals surface area contributed by atoms with Gasteiger partial charge in [-0.3, -0.25) is 14.5 Å². The standard InChI is InChI=1S/C18H14ClN3O3S/c19-14-4-2-5-16(12-14)22-26(24,25)17-6-1-3-13(11-17)18(23)21-15-7-9-20-10-8-15/h1-12,22H,(H,20,21,23). The lowest BCUT2D eigenvalue weighted by atomic mass is 10.2. The molecular weight excluding hydrogens is 374 g/mol. The van der Waals surface area contributed by atoms with Gasteiger partial charge in [0.15, 0.2) is 0 Å². The molecule has 0 saturated heterocycles. The maximum Gasteiger partial charge on any atom is 0.261 e. The van der Waals surface area contributed by atoms with Crippen LogP contribution >= 0.6 is 11.6 Å². The summed E-state index contributed by atoms with van der Waals surface area (Å²) in [6.45, 7) is 0. The number of benzene rings is 2. The van der Waals surface area contributed by atoms with Crippen LogP contribution in [-0.2, 0) is 10.0 Å². The van der Waals surface area contributed by atoms with Gasteiger partial charge in [0.1, 0.15) is 0 Å². The molecule has 0 aliphatic heterocycles. The molecule has 3 aromatic rings. The highest BCUT2D eigenvalue weighted by Gasteiger charge is 2.17. The molecule has 1 aromatic heterocycles. The Bertz CT molecular complexity index is 1040. The molecule has 1 heterocycles. The molecule has 0 saturated carbocycles. The first kappa shape index (κ1) is 17.9. The summed E-state index contributed by atoms with van der Waals surface area (Å²) in [5.41, 5.74) is 1.12. The molecule has 0 spiro atoms. The minimum atomic E-state index is -3.86. The number of nitrogens with one attached hydrogen (secondary N) is 2. The fraction of sp³-hybridized carbons (Fsp3) is 0. The number of carbonyl (C=O) groups excluding carboxylic acids is 1. The Kier molecular flexibility index (Phi) is 5.20. The lowest BCUT2D eigenvalue weighted by Crippen LogP contribution is -2.16. The van der Waals surface area contributed by atoms with Crippen molar-refractivity contribution in [3.63, 3.8) is 0 Å². The smallest absolute Gasteiger partial charge is 0.261 e. The van der Waals surface area contributed by atoms with Crippen LogP contribution < -0.4 is 10.0 Å². The second-order valence-electron chi connectivity index (χ2n) is 5.33. The number of halogens is 1. The number of sulfonamides is 1. The van der Waals surface area contributed by atoms with Crippen LogP contribution in [0.1, 0.15) is 10.4 Å². The molecule has 0 atom stereocenters. The van der Waals surface area contributed by atoms with Crippen LogP contribution in [0.15, 0.2) is 78.0 Å². The molecule has 2 N–H and O–H groups in total. The van der Waals surface area contributed by atoms with Gasteiger partial charge in [-0.1, -0.05) is 23.7 Å². The van der Waals surface area contributed by atoms with E-state index in [9.17, 15) is 13.2 Å². The maximum atomic E-state index is 12.6. The molecular formula is C18H14ClN3O3S. The Morgan fingerprint density at radius 3 is 2.38 bits per heavy atom. The third-order valence-corrected chi connectivity index (χ3v) is 5.04. The first-order valence-corrected chi connectivity index (χ1v) is 9.40. The fourth-order valence-corrected chi connectivity index (χ4v) is 3.49. The van der Waals surface area contributed by atoms with Gasteiger partial charge in [-0.05, 0) is 48.5 Å². The van der Waals surface area contributed by atoms with Crippen molar-refractivity contribution in [1.82, 2.24) is 4.98 Å². The summed E-state index contributed by atoms with van der Waals surface area (Å²) in [6, 6.07) is 15.4. The van der Waals surface area contributed by atoms with E-state index < -0.39 is 15.9 Å². The van der Waals surface area contributed by atoms with Crippen molar-refractivity contribution in [1.29, 1.82) is 0 Å². The number of carbonyl (C=O) groups is 1. The molecule has 132 valence electrons. The van der Waals surface area contributed by atoms with E-state index in [0.29, 0.717) is 16.4 Å². The van der Waals surface area contributed by atoms with Crippen molar-refractivity contribution in [2.45, 2.75) is 4.90 Å². The number of pyridine rings is 1. The first-order chi connectivity index (χ1) is 12.4. The van der Waals surface area contributed by atoms with Crippen molar-refractivity contribution in [2.75, 3.05) is 10.0 Å². The van der Waals surface area contributed by atoms with Crippen molar-refractivity contribution >= 4 is 38.9 Å². The van der Waals surface area contributed by atoms with Gasteiger partial charge in [-0.2, -0.15) is 0 Å². The summed E-state index contributed by atoms with van der Waals surface area (Å²) in [7, 11) is -3.86. The van der Waals surface area contributed by atoms with Crippen LogP contribution in [0.25, 0.3) is 0 Å². The summed E-state index contributed by atoms with van der Waals surface area (Å²) in [6.07, 6.45) is 3.09. The SMILES string of the molecule is O=C(Nc1ccncc1)c1cccc(S(=O)(=O)Nc2cccc(Cl)c2)c1. The highest BCUT2D eigenvalue weighted by molar-refractivity contribution is 7.92. The number of amides is 1. The lowest BCUT2D eigenvalue weighted by Gasteiger charge is -2.10. The van der Waals surface area contributed by atoms with Gasteiger partial charge in [0.25, 0.3) is 15.9 Å². The summed E-state index contributed by atoms with van der Waals surface area (Å²) in [5.74, 6) is -0.420. The van der Waals surface area contributed by atoms with E-state index in [1.54, 1.807) is 42.7 Å². The van der Waals surface area contributed by atoms with Crippen LogP contribution in [0.2, 0.25) is 5.02 Å². The Hall–Kier alpha value is -2.90. The van der Waals surface area contributed by atoms with Gasteiger partial charge >= 0.3 is 0 Å². The van der Waals surface area contributed by atoms with Crippen molar-refractivity contribution in [3.05, 3.63) is 83.6 Å². The van der Waals surface area contributed by atoms with Gasteiger partial charge in [-0.15, -0.1) is 0 Å². The molecule has 0 fully saturated rings. The number of anilines is 2. The maximum absolute atomic E-state index is 12.6. The zero-order valence-corrected chi connectivity index (χ0v) is 15.0. The molecule has 0 aliphatic carbocycles. The Morgan fingerprint density at radius 2 is 1.65 bits per heavy atom. The second kappa shape index (κ2) is 7.55. The fourth-order valence-electron chi connectivity index (χ4n) is 2.21. The number of nitrogens with zero attached hydrogens (tertiary/aromatic N) is 1. The Labute approximate surface area is 155 Å². The zero-order chi connectivity index (χ0) is 18.6. The van der Waals surface area contributed by atoms with Gasteiger partial charge in [0.2, 0.25) is 0 Å². The van der Waals surface area contributed by atoms with Crippen molar-refractivity contribution in [3.8, 4) is 0 Å². The van der Waals surface area contributed by atoms with Crippen LogP contribution in [0.4, 0.5) is 11.4 Å². The zero-order valence-electron chi connectivity index (χ0n) is 13.4. The number of hydrogen-bond donors (Lipinski definition) is 2. The van der Waals surface area contributed by atoms with Gasteiger partial charge in [0.05, 0.1) is 10.6 Å². The minimum absolute atomic E-state index is 0.0279. The molecule has 26 heavy (non-hydrogen) atoms. The average molecular weight is 388 g/mol. The van der Waals surface area contributed by atoms with Crippen LogP contribution in [0.3, 0.4) is 0 Å². The van der Waals surface area contributed by atoms with E-state index in [2.05, 4.69) is 15.0 Å². The topological polar surface area (TPSA) is 88.2 Å². The van der Waals surface area contributed by atoms with E-state index in [1.165, 1.54) is 30.3 Å². The second-order valence-corrected chi connectivity index (χ2v) is 7.45. The third-order valence-electron chi connectivity index (χ3n) is 3.42.